The Hall–Kier alpha value is -2.48. The van der Waals surface area contributed by atoms with Gasteiger partial charge in [-0.3, -0.25) is 14.5 Å². The van der Waals surface area contributed by atoms with Crippen LogP contribution in [0.5, 0.6) is 0 Å². The van der Waals surface area contributed by atoms with Crippen LogP contribution in [-0.4, -0.2) is 61.1 Å². The highest BCUT2D eigenvalue weighted by molar-refractivity contribution is 6.29. The molecule has 1 aromatic heterocycles. The highest BCUT2D eigenvalue weighted by Gasteiger charge is 2.11. The van der Waals surface area contributed by atoms with Crippen molar-refractivity contribution in [1.82, 2.24) is 15.2 Å². The summed E-state index contributed by atoms with van der Waals surface area (Å²) in [6.45, 7) is 4.69. The summed E-state index contributed by atoms with van der Waals surface area (Å²) in [5, 5.41) is 6.12. The first kappa shape index (κ1) is 20.3. The molecule has 2 amide bonds. The molecular weight excluding hydrogens is 380 g/mol. The van der Waals surface area contributed by atoms with E-state index in [4.69, 9.17) is 16.3 Å². The molecule has 8 heteroatoms. The number of benzene rings is 1. The Kier molecular flexibility index (Phi) is 7.36. The van der Waals surface area contributed by atoms with Gasteiger partial charge in [-0.2, -0.15) is 0 Å². The van der Waals surface area contributed by atoms with Crippen molar-refractivity contribution < 1.29 is 14.3 Å². The van der Waals surface area contributed by atoms with Crippen molar-refractivity contribution in [3.63, 3.8) is 0 Å². The number of nitrogens with one attached hydrogen (secondary N) is 2. The second-order valence-corrected chi connectivity index (χ2v) is 6.89. The maximum absolute atomic E-state index is 12.2. The van der Waals surface area contributed by atoms with Gasteiger partial charge in [-0.15, -0.1) is 0 Å². The van der Waals surface area contributed by atoms with Crippen molar-refractivity contribution in [3.05, 3.63) is 58.9 Å². The van der Waals surface area contributed by atoms with Gasteiger partial charge in [0.25, 0.3) is 5.91 Å². The lowest BCUT2D eigenvalue weighted by atomic mass is 10.1. The van der Waals surface area contributed by atoms with Crippen molar-refractivity contribution in [2.75, 3.05) is 44.7 Å². The van der Waals surface area contributed by atoms with Crippen molar-refractivity contribution >= 4 is 29.1 Å². The van der Waals surface area contributed by atoms with E-state index in [0.717, 1.165) is 38.4 Å². The number of carbonyl (C=O) groups excluding carboxylic acids is 2. The second-order valence-electron chi connectivity index (χ2n) is 6.50. The maximum atomic E-state index is 12.2. The molecule has 148 valence electrons. The van der Waals surface area contributed by atoms with Crippen LogP contribution >= 0.6 is 11.6 Å². The van der Waals surface area contributed by atoms with Gasteiger partial charge in [0.15, 0.2) is 0 Å². The average Bonchev–Trinajstić information content (AvgIpc) is 2.71. The number of morpholine rings is 1. The van der Waals surface area contributed by atoms with Gasteiger partial charge >= 0.3 is 0 Å². The van der Waals surface area contributed by atoms with Gasteiger partial charge in [0.1, 0.15) is 5.15 Å². The standard InChI is InChI=1S/C20H23ClN4O3/c21-18-6-1-15(14-23-18)13-19(26)24-17-4-2-16(3-5-17)20(27)22-7-8-25-9-11-28-12-10-25/h1-6,14H,7-13H2,(H,22,27)(H,24,26). The first-order valence-electron chi connectivity index (χ1n) is 9.19. The third kappa shape index (κ3) is 6.30. The molecule has 0 saturated carbocycles. The van der Waals surface area contributed by atoms with Crippen LogP contribution in [0.3, 0.4) is 0 Å². The molecule has 0 radical (unpaired) electrons. The normalized spacial score (nSPS) is 14.5. The summed E-state index contributed by atoms with van der Waals surface area (Å²) in [7, 11) is 0. The number of halogens is 1. The van der Waals surface area contributed by atoms with Crippen molar-refractivity contribution in [1.29, 1.82) is 0 Å². The molecule has 1 aliphatic heterocycles. The molecule has 1 fully saturated rings. The smallest absolute Gasteiger partial charge is 0.251 e. The van der Waals surface area contributed by atoms with E-state index >= 15 is 0 Å². The number of aromatic nitrogens is 1. The minimum Gasteiger partial charge on any atom is -0.379 e. The first-order chi connectivity index (χ1) is 13.6. The summed E-state index contributed by atoms with van der Waals surface area (Å²) in [6.07, 6.45) is 1.78. The summed E-state index contributed by atoms with van der Waals surface area (Å²) >= 11 is 5.74. The van der Waals surface area contributed by atoms with Crippen molar-refractivity contribution in [3.8, 4) is 0 Å². The molecule has 2 aromatic rings. The number of hydrogen-bond donors (Lipinski definition) is 2. The molecule has 1 aromatic carbocycles. The van der Waals surface area contributed by atoms with Crippen LogP contribution in [0.25, 0.3) is 0 Å². The number of pyridine rings is 1. The number of carbonyl (C=O) groups is 2. The van der Waals surface area contributed by atoms with Crippen LogP contribution in [-0.2, 0) is 16.0 Å². The van der Waals surface area contributed by atoms with E-state index in [2.05, 4.69) is 20.5 Å². The lowest BCUT2D eigenvalue weighted by Gasteiger charge is -2.26. The highest BCUT2D eigenvalue weighted by Crippen LogP contribution is 2.11. The van der Waals surface area contributed by atoms with Crippen molar-refractivity contribution in [2.45, 2.75) is 6.42 Å². The number of hydrogen-bond acceptors (Lipinski definition) is 5. The zero-order chi connectivity index (χ0) is 19.8. The van der Waals surface area contributed by atoms with Crippen molar-refractivity contribution in [2.24, 2.45) is 0 Å². The van der Waals surface area contributed by atoms with Crippen LogP contribution in [0, 0.1) is 0 Å². The minimum absolute atomic E-state index is 0.127. The summed E-state index contributed by atoms with van der Waals surface area (Å²) in [5.41, 5.74) is 1.97. The summed E-state index contributed by atoms with van der Waals surface area (Å²) in [5.74, 6) is -0.287. The van der Waals surface area contributed by atoms with E-state index in [9.17, 15) is 9.59 Å². The molecule has 2 heterocycles. The largest absolute Gasteiger partial charge is 0.379 e. The zero-order valence-electron chi connectivity index (χ0n) is 15.5. The molecule has 1 saturated heterocycles. The number of anilines is 1. The van der Waals surface area contributed by atoms with E-state index in [1.807, 2.05) is 0 Å². The van der Waals surface area contributed by atoms with E-state index in [1.54, 1.807) is 42.6 Å². The van der Waals surface area contributed by atoms with E-state index < -0.39 is 0 Å². The van der Waals surface area contributed by atoms with Gasteiger partial charge < -0.3 is 15.4 Å². The molecule has 2 N–H and O–H groups in total. The molecule has 1 aliphatic rings. The van der Waals surface area contributed by atoms with E-state index in [-0.39, 0.29) is 18.2 Å². The zero-order valence-corrected chi connectivity index (χ0v) is 16.2. The Morgan fingerprint density at radius 2 is 1.86 bits per heavy atom. The van der Waals surface area contributed by atoms with Gasteiger partial charge in [0.05, 0.1) is 19.6 Å². The average molecular weight is 403 g/mol. The van der Waals surface area contributed by atoms with Gasteiger partial charge in [-0.05, 0) is 35.9 Å². The van der Waals surface area contributed by atoms with Crippen LogP contribution in [0.1, 0.15) is 15.9 Å². The molecule has 0 spiro atoms. The molecule has 0 aliphatic carbocycles. The highest BCUT2D eigenvalue weighted by atomic mass is 35.5. The molecule has 0 atom stereocenters. The molecule has 28 heavy (non-hydrogen) atoms. The fourth-order valence-corrected chi connectivity index (χ4v) is 2.97. The third-order valence-corrected chi connectivity index (χ3v) is 4.63. The van der Waals surface area contributed by atoms with E-state index in [0.29, 0.717) is 22.9 Å². The summed E-state index contributed by atoms with van der Waals surface area (Å²) in [6, 6.07) is 10.2. The van der Waals surface area contributed by atoms with Crippen LogP contribution in [0.15, 0.2) is 42.6 Å². The molecular formula is C20H23ClN4O3. The Morgan fingerprint density at radius 3 is 2.54 bits per heavy atom. The number of ether oxygens (including phenoxy) is 1. The fraction of sp³-hybridized carbons (Fsp3) is 0.350. The summed E-state index contributed by atoms with van der Waals surface area (Å²) in [4.78, 5) is 30.6. The fourth-order valence-electron chi connectivity index (χ4n) is 2.86. The lowest BCUT2D eigenvalue weighted by molar-refractivity contribution is -0.115. The lowest BCUT2D eigenvalue weighted by Crippen LogP contribution is -2.41. The first-order valence-corrected chi connectivity index (χ1v) is 9.56. The van der Waals surface area contributed by atoms with Gasteiger partial charge in [0, 0.05) is 43.6 Å². The van der Waals surface area contributed by atoms with Gasteiger partial charge in [-0.1, -0.05) is 17.7 Å². The van der Waals surface area contributed by atoms with E-state index in [1.165, 1.54) is 0 Å². The van der Waals surface area contributed by atoms with Gasteiger partial charge in [-0.25, -0.2) is 4.98 Å². The quantitative estimate of drug-likeness (QED) is 0.692. The number of amides is 2. The number of nitrogens with zero attached hydrogens (tertiary/aromatic N) is 2. The SMILES string of the molecule is O=C(Cc1ccc(Cl)nc1)Nc1ccc(C(=O)NCCN2CCOCC2)cc1. The molecule has 0 bridgehead atoms. The van der Waals surface area contributed by atoms with Crippen LogP contribution in [0.4, 0.5) is 5.69 Å². The Labute approximate surface area is 169 Å². The van der Waals surface area contributed by atoms with Crippen LogP contribution < -0.4 is 10.6 Å². The molecule has 7 nitrogen and oxygen atoms in total. The molecule has 0 unspecified atom stereocenters. The predicted molar refractivity (Wildman–Crippen MR) is 108 cm³/mol. The second kappa shape index (κ2) is 10.2. The Bertz CT molecular complexity index is 790. The molecule has 3 rings (SSSR count). The van der Waals surface area contributed by atoms with Crippen LogP contribution in [0.2, 0.25) is 5.15 Å². The Balaban J connectivity index is 1.43. The number of rotatable bonds is 7. The predicted octanol–water partition coefficient (Wildman–Crippen LogP) is 1.98. The topological polar surface area (TPSA) is 83.6 Å². The third-order valence-electron chi connectivity index (χ3n) is 4.40. The van der Waals surface area contributed by atoms with Gasteiger partial charge in [0.2, 0.25) is 5.91 Å². The maximum Gasteiger partial charge on any atom is 0.251 e. The Morgan fingerprint density at radius 1 is 1.11 bits per heavy atom. The minimum atomic E-state index is -0.160. The monoisotopic (exact) mass is 402 g/mol. The summed E-state index contributed by atoms with van der Waals surface area (Å²) < 4.78 is 5.31.